The third-order valence-corrected chi connectivity index (χ3v) is 8.01. The van der Waals surface area contributed by atoms with E-state index in [-0.39, 0.29) is 17.4 Å². The lowest BCUT2D eigenvalue weighted by atomic mass is 9.57. The van der Waals surface area contributed by atoms with Crippen LogP contribution < -0.4 is 4.74 Å². The summed E-state index contributed by atoms with van der Waals surface area (Å²) < 4.78 is 44.0. The Hall–Kier alpha value is -3.24. The van der Waals surface area contributed by atoms with Crippen molar-refractivity contribution in [2.45, 2.75) is 43.3 Å². The Balaban J connectivity index is 1.54. The van der Waals surface area contributed by atoms with E-state index in [4.69, 9.17) is 4.74 Å². The van der Waals surface area contributed by atoms with E-state index < -0.39 is 11.7 Å². The molecule has 7 heteroatoms. The Morgan fingerprint density at radius 2 is 2.00 bits per heavy atom. The molecule has 37 heavy (non-hydrogen) atoms. The number of amides is 1. The second-order valence-corrected chi connectivity index (χ2v) is 10.1. The second-order valence-electron chi connectivity index (χ2n) is 10.1. The van der Waals surface area contributed by atoms with E-state index in [1.165, 1.54) is 17.7 Å². The van der Waals surface area contributed by atoms with E-state index in [9.17, 15) is 18.0 Å². The predicted octanol–water partition coefficient (Wildman–Crippen LogP) is 5.52. The average Bonchev–Trinajstić information content (AvgIpc) is 2.91. The highest BCUT2D eigenvalue weighted by Gasteiger charge is 2.49. The molecule has 2 aromatic carbocycles. The highest BCUT2D eigenvalue weighted by molar-refractivity contribution is 5.94. The molecule has 196 valence electrons. The first-order valence-electron chi connectivity index (χ1n) is 12.6. The van der Waals surface area contributed by atoms with Gasteiger partial charge < -0.3 is 9.64 Å². The normalized spacial score (nSPS) is 23.8. The quantitative estimate of drug-likeness (QED) is 0.392. The summed E-state index contributed by atoms with van der Waals surface area (Å²) >= 11 is 0. The summed E-state index contributed by atoms with van der Waals surface area (Å²) in [6.45, 7) is 6.71. The summed E-state index contributed by atoms with van der Waals surface area (Å²) in [5.74, 6) is 6.32. The van der Waals surface area contributed by atoms with E-state index in [0.717, 1.165) is 63.2 Å². The number of carbonyl (C=O) groups is 1. The van der Waals surface area contributed by atoms with Gasteiger partial charge in [0.2, 0.25) is 0 Å². The van der Waals surface area contributed by atoms with E-state index in [2.05, 4.69) is 35.5 Å². The monoisotopic (exact) mass is 510 g/mol. The first-order chi connectivity index (χ1) is 17.7. The number of alkyl halides is 3. The Morgan fingerprint density at radius 3 is 2.68 bits per heavy atom. The van der Waals surface area contributed by atoms with E-state index >= 15 is 0 Å². The number of rotatable bonds is 5. The van der Waals surface area contributed by atoms with Crippen molar-refractivity contribution in [3.63, 3.8) is 0 Å². The Kier molecular flexibility index (Phi) is 7.99. The van der Waals surface area contributed by atoms with Crippen LogP contribution in [0.1, 0.15) is 42.4 Å². The van der Waals surface area contributed by atoms with Gasteiger partial charge in [0.25, 0.3) is 5.91 Å². The number of likely N-dealkylation sites (tertiary alicyclic amines) is 1. The Bertz CT molecular complexity index is 1180. The molecule has 1 aliphatic heterocycles. The number of piperidine rings is 1. The van der Waals surface area contributed by atoms with Gasteiger partial charge >= 0.3 is 6.18 Å². The van der Waals surface area contributed by atoms with Crippen LogP contribution >= 0.6 is 0 Å². The van der Waals surface area contributed by atoms with Crippen molar-refractivity contribution < 1.29 is 22.7 Å². The van der Waals surface area contributed by atoms with Crippen LogP contribution in [0.25, 0.3) is 0 Å². The van der Waals surface area contributed by atoms with Crippen LogP contribution in [0.15, 0.2) is 61.2 Å². The minimum absolute atomic E-state index is 0.0165. The van der Waals surface area contributed by atoms with Crippen molar-refractivity contribution in [1.29, 1.82) is 0 Å². The van der Waals surface area contributed by atoms with Gasteiger partial charge in [-0.2, -0.15) is 13.2 Å². The number of halogens is 3. The predicted molar refractivity (Wildman–Crippen MR) is 138 cm³/mol. The van der Waals surface area contributed by atoms with Crippen LogP contribution in [0.3, 0.4) is 0 Å². The smallest absolute Gasteiger partial charge is 0.416 e. The largest absolute Gasteiger partial charge is 0.497 e. The van der Waals surface area contributed by atoms with Crippen molar-refractivity contribution in [2.24, 2.45) is 5.92 Å². The molecular weight excluding hydrogens is 477 g/mol. The zero-order valence-corrected chi connectivity index (χ0v) is 21.4. The van der Waals surface area contributed by atoms with Crippen molar-refractivity contribution in [3.05, 3.63) is 77.9 Å². The molecule has 1 saturated heterocycles. The molecule has 1 aliphatic carbocycles. The minimum Gasteiger partial charge on any atom is -0.497 e. The van der Waals surface area contributed by atoms with Gasteiger partial charge in [-0.3, -0.25) is 9.69 Å². The maximum Gasteiger partial charge on any atom is 0.416 e. The molecule has 1 heterocycles. The summed E-state index contributed by atoms with van der Waals surface area (Å²) in [4.78, 5) is 17.2. The number of nitrogens with zero attached hydrogens (tertiary/aromatic N) is 2. The molecule has 0 spiro atoms. The highest BCUT2D eigenvalue weighted by Crippen LogP contribution is 2.50. The molecule has 4 rings (SSSR count). The second kappa shape index (κ2) is 11.0. The molecule has 0 bridgehead atoms. The van der Waals surface area contributed by atoms with Gasteiger partial charge in [-0.15, -0.1) is 6.58 Å². The molecule has 2 fully saturated rings. The van der Waals surface area contributed by atoms with E-state index in [1.807, 2.05) is 18.2 Å². The van der Waals surface area contributed by atoms with Crippen LogP contribution in [-0.4, -0.2) is 55.5 Å². The van der Waals surface area contributed by atoms with Crippen molar-refractivity contribution in [3.8, 4) is 17.6 Å². The van der Waals surface area contributed by atoms with Gasteiger partial charge in [-0.25, -0.2) is 0 Å². The Labute approximate surface area is 217 Å². The van der Waals surface area contributed by atoms with Gasteiger partial charge in [0.1, 0.15) is 5.75 Å². The maximum absolute atomic E-state index is 13.0. The lowest BCUT2D eigenvalue weighted by molar-refractivity contribution is -0.137. The molecule has 0 aromatic heterocycles. The number of carbonyl (C=O) groups excluding carboxylic acids is 1. The third kappa shape index (κ3) is 5.86. The number of hydrogen-bond acceptors (Lipinski definition) is 3. The zero-order valence-electron chi connectivity index (χ0n) is 21.4. The van der Waals surface area contributed by atoms with Crippen molar-refractivity contribution >= 4 is 5.91 Å². The minimum atomic E-state index is -4.40. The van der Waals surface area contributed by atoms with Crippen LogP contribution in [0.4, 0.5) is 13.2 Å². The van der Waals surface area contributed by atoms with Gasteiger partial charge in [0.15, 0.2) is 0 Å². The number of methoxy groups -OCH3 is 1. The summed E-state index contributed by atoms with van der Waals surface area (Å²) in [7, 11) is 3.45. The first-order valence-corrected chi connectivity index (χ1v) is 12.6. The molecular formula is C30H33F3N2O2. The summed E-state index contributed by atoms with van der Waals surface area (Å²) in [5.41, 5.74) is 0.808. The molecule has 2 aliphatic rings. The molecule has 1 amide bonds. The standard InChI is InChI=1S/C30H33F3N2O2/c1-4-17-35-18-16-29(24-6-5-7-27(19-24)37-3)20-26(14-13-25(29)21-35)34(2)28(36)15-10-22-8-11-23(12-9-22)30(31,32)33/h4-9,11-12,19,25-26H,1,13-14,16-18,20-21H2,2-3H3/t25-,26+,29+/m1/s1. The van der Waals surface area contributed by atoms with Gasteiger partial charge in [0, 0.05) is 43.1 Å². The van der Waals surface area contributed by atoms with Crippen LogP contribution in [0.2, 0.25) is 0 Å². The SMILES string of the molecule is C=CCN1CC[C@@]2(c3cccc(OC)c3)C[C@@H](N(C)C(=O)C#Cc3ccc(C(F)(F)F)cc3)CC[C@@H]2C1. The van der Waals surface area contributed by atoms with Gasteiger partial charge in [-0.1, -0.05) is 24.1 Å². The average molecular weight is 511 g/mol. The lowest BCUT2D eigenvalue weighted by Crippen LogP contribution is -2.56. The molecule has 3 atom stereocenters. The van der Waals surface area contributed by atoms with E-state index in [1.54, 1.807) is 19.1 Å². The fourth-order valence-electron chi connectivity index (χ4n) is 5.92. The first kappa shape index (κ1) is 26.8. The molecule has 0 radical (unpaired) electrons. The number of ether oxygens (including phenoxy) is 1. The van der Waals surface area contributed by atoms with Gasteiger partial charge in [0.05, 0.1) is 12.7 Å². The highest BCUT2D eigenvalue weighted by atomic mass is 19.4. The van der Waals surface area contributed by atoms with E-state index in [0.29, 0.717) is 11.5 Å². The third-order valence-electron chi connectivity index (χ3n) is 8.01. The molecule has 2 aromatic rings. The topological polar surface area (TPSA) is 32.8 Å². The maximum atomic E-state index is 13.0. The molecule has 1 saturated carbocycles. The van der Waals surface area contributed by atoms with Crippen molar-refractivity contribution in [1.82, 2.24) is 9.80 Å². The zero-order chi connectivity index (χ0) is 26.6. The molecule has 0 N–H and O–H groups in total. The summed E-state index contributed by atoms with van der Waals surface area (Å²) in [6, 6.07) is 12.9. The van der Waals surface area contributed by atoms with Crippen LogP contribution in [-0.2, 0) is 16.4 Å². The summed E-state index contributed by atoms with van der Waals surface area (Å²) in [5, 5.41) is 0. The molecule has 4 nitrogen and oxygen atoms in total. The Morgan fingerprint density at radius 1 is 1.24 bits per heavy atom. The molecule has 0 unspecified atom stereocenters. The fourth-order valence-corrected chi connectivity index (χ4v) is 5.92. The van der Waals surface area contributed by atoms with Crippen LogP contribution in [0, 0.1) is 17.8 Å². The van der Waals surface area contributed by atoms with Gasteiger partial charge in [-0.05, 0) is 80.1 Å². The summed E-state index contributed by atoms with van der Waals surface area (Å²) in [6.07, 6.45) is 1.22. The number of fused-ring (bicyclic) bond motifs is 1. The number of benzene rings is 2. The fraction of sp³-hybridized carbons (Fsp3) is 0.433. The van der Waals surface area contributed by atoms with Crippen molar-refractivity contribution in [2.75, 3.05) is 33.8 Å². The lowest BCUT2D eigenvalue weighted by Gasteiger charge is -2.54. The van der Waals surface area contributed by atoms with Crippen LogP contribution in [0.5, 0.6) is 5.75 Å². The number of hydrogen-bond donors (Lipinski definition) is 0.